The van der Waals surface area contributed by atoms with Crippen molar-refractivity contribution in [2.75, 3.05) is 0 Å². The van der Waals surface area contributed by atoms with Crippen LogP contribution in [0.2, 0.25) is 0 Å². The number of hydrogen-bond donors (Lipinski definition) is 4. The minimum absolute atomic E-state index is 0.543. The van der Waals surface area contributed by atoms with Gasteiger partial charge in [0, 0.05) is 11.1 Å². The molecule has 0 spiro atoms. The summed E-state index contributed by atoms with van der Waals surface area (Å²) in [6, 6.07) is 0. The van der Waals surface area contributed by atoms with Crippen LogP contribution in [0.1, 0.15) is 41.5 Å². The number of amides is 2. The van der Waals surface area contributed by atoms with Crippen molar-refractivity contribution in [3.63, 3.8) is 0 Å². The third-order valence-corrected chi connectivity index (χ3v) is 1.83. The van der Waals surface area contributed by atoms with Crippen LogP contribution in [0.3, 0.4) is 0 Å². The first kappa shape index (κ1) is 16.9. The van der Waals surface area contributed by atoms with Crippen LogP contribution < -0.4 is 10.6 Å². The van der Waals surface area contributed by atoms with Gasteiger partial charge in [0.25, 0.3) is 11.8 Å². The summed E-state index contributed by atoms with van der Waals surface area (Å²) >= 11 is 0. The first-order valence-corrected chi connectivity index (χ1v) is 5.84. The average Bonchev–Trinajstić information content (AvgIpc) is 2.09. The first-order chi connectivity index (χ1) is 7.83. The predicted molar refractivity (Wildman–Crippen MR) is 67.8 cm³/mol. The van der Waals surface area contributed by atoms with Crippen LogP contribution in [-0.4, -0.2) is 45.3 Å². The van der Waals surface area contributed by atoms with E-state index in [0.29, 0.717) is 0 Å². The minimum Gasteiger partial charge on any atom is -0.380 e. The van der Waals surface area contributed by atoms with Gasteiger partial charge < -0.3 is 20.8 Å². The van der Waals surface area contributed by atoms with Crippen molar-refractivity contribution in [1.29, 1.82) is 0 Å². The molecule has 0 rings (SSSR count). The minimum atomic E-state index is -1.79. The molecule has 0 bridgehead atoms. The van der Waals surface area contributed by atoms with E-state index in [0.717, 1.165) is 0 Å². The molecule has 0 saturated heterocycles. The molecule has 0 radical (unpaired) electrons. The van der Waals surface area contributed by atoms with E-state index in [1.807, 2.05) is 0 Å². The number of aliphatic hydroxyl groups excluding tert-OH is 2. The second-order valence-corrected chi connectivity index (χ2v) is 6.37. The van der Waals surface area contributed by atoms with Crippen LogP contribution in [0.25, 0.3) is 0 Å². The molecule has 0 aromatic carbocycles. The van der Waals surface area contributed by atoms with Crippen LogP contribution in [0, 0.1) is 0 Å². The smallest absolute Gasteiger partial charge is 0.252 e. The summed E-state index contributed by atoms with van der Waals surface area (Å²) < 4.78 is 0. The number of rotatable bonds is 3. The molecular formula is C12H24N2O4. The van der Waals surface area contributed by atoms with Crippen molar-refractivity contribution in [3.8, 4) is 0 Å². The molecule has 6 nitrogen and oxygen atoms in total. The van der Waals surface area contributed by atoms with E-state index in [1.165, 1.54) is 0 Å². The van der Waals surface area contributed by atoms with Gasteiger partial charge >= 0.3 is 0 Å². The van der Waals surface area contributed by atoms with E-state index in [1.54, 1.807) is 41.5 Å². The topological polar surface area (TPSA) is 98.7 Å². The number of aliphatic hydroxyl groups is 2. The second-order valence-electron chi connectivity index (χ2n) is 6.37. The summed E-state index contributed by atoms with van der Waals surface area (Å²) in [5.74, 6) is -1.56. The zero-order valence-corrected chi connectivity index (χ0v) is 11.9. The van der Waals surface area contributed by atoms with Gasteiger partial charge in [-0.3, -0.25) is 9.59 Å². The molecule has 18 heavy (non-hydrogen) atoms. The van der Waals surface area contributed by atoms with E-state index < -0.39 is 35.1 Å². The van der Waals surface area contributed by atoms with Crippen LogP contribution in [-0.2, 0) is 9.59 Å². The maximum Gasteiger partial charge on any atom is 0.252 e. The fourth-order valence-corrected chi connectivity index (χ4v) is 1.17. The predicted octanol–water partition coefficient (Wildman–Crippen LogP) is -0.462. The van der Waals surface area contributed by atoms with Crippen LogP contribution in [0.5, 0.6) is 0 Å². The summed E-state index contributed by atoms with van der Waals surface area (Å²) in [6.45, 7) is 10.4. The van der Waals surface area contributed by atoms with Gasteiger partial charge in [0.1, 0.15) is 0 Å². The molecule has 0 saturated carbocycles. The quantitative estimate of drug-likeness (QED) is 0.552. The van der Waals surface area contributed by atoms with Gasteiger partial charge in [-0.15, -0.1) is 0 Å². The van der Waals surface area contributed by atoms with Crippen molar-refractivity contribution in [1.82, 2.24) is 10.6 Å². The molecule has 6 heteroatoms. The zero-order chi connectivity index (χ0) is 14.7. The summed E-state index contributed by atoms with van der Waals surface area (Å²) in [5, 5.41) is 24.2. The highest BCUT2D eigenvalue weighted by atomic mass is 16.3. The molecule has 0 unspecified atom stereocenters. The number of carbonyl (C=O) groups excluding carboxylic acids is 2. The Kier molecular flexibility index (Phi) is 5.31. The lowest BCUT2D eigenvalue weighted by Crippen LogP contribution is -2.55. The molecule has 106 valence electrons. The third-order valence-electron chi connectivity index (χ3n) is 1.83. The zero-order valence-electron chi connectivity index (χ0n) is 11.9. The Bertz CT molecular complexity index is 283. The van der Waals surface area contributed by atoms with Crippen LogP contribution >= 0.6 is 0 Å². The molecular weight excluding hydrogens is 236 g/mol. The lowest BCUT2D eigenvalue weighted by molar-refractivity contribution is -0.147. The summed E-state index contributed by atoms with van der Waals surface area (Å²) in [7, 11) is 0. The highest BCUT2D eigenvalue weighted by Gasteiger charge is 2.33. The Morgan fingerprint density at radius 2 is 1.00 bits per heavy atom. The van der Waals surface area contributed by atoms with Gasteiger partial charge in [-0.25, -0.2) is 0 Å². The van der Waals surface area contributed by atoms with E-state index in [-0.39, 0.29) is 0 Å². The van der Waals surface area contributed by atoms with Crippen LogP contribution in [0.4, 0.5) is 0 Å². The highest BCUT2D eigenvalue weighted by Crippen LogP contribution is 2.04. The van der Waals surface area contributed by atoms with E-state index in [2.05, 4.69) is 10.6 Å². The highest BCUT2D eigenvalue weighted by molar-refractivity contribution is 5.91. The maximum atomic E-state index is 11.6. The Hall–Kier alpha value is -1.14. The molecule has 0 aromatic heterocycles. The van der Waals surface area contributed by atoms with Gasteiger partial charge in [-0.1, -0.05) is 0 Å². The fraction of sp³-hybridized carbons (Fsp3) is 0.833. The Labute approximate surface area is 108 Å². The Morgan fingerprint density at radius 3 is 1.17 bits per heavy atom. The van der Waals surface area contributed by atoms with Crippen molar-refractivity contribution >= 4 is 11.8 Å². The fourth-order valence-electron chi connectivity index (χ4n) is 1.17. The molecule has 0 aliphatic heterocycles. The molecule has 2 amide bonds. The molecule has 0 heterocycles. The summed E-state index contributed by atoms with van der Waals surface area (Å²) in [5.41, 5.74) is -1.09. The standard InChI is InChI=1S/C12H24N2O4/c1-11(2,3)13-9(17)7(15)8(16)10(18)14-12(4,5)6/h7-8,15-16H,1-6H3,(H,13,17)(H,14,18)/t7-,8-/m0/s1. The molecule has 0 aliphatic carbocycles. The Morgan fingerprint density at radius 1 is 0.778 bits per heavy atom. The Balaban J connectivity index is 4.55. The van der Waals surface area contributed by atoms with Gasteiger partial charge in [-0.2, -0.15) is 0 Å². The normalized spacial score (nSPS) is 15.8. The monoisotopic (exact) mass is 260 g/mol. The van der Waals surface area contributed by atoms with Gasteiger partial charge in [0.05, 0.1) is 0 Å². The molecule has 0 aromatic rings. The van der Waals surface area contributed by atoms with E-state index >= 15 is 0 Å². The molecule has 4 N–H and O–H groups in total. The average molecular weight is 260 g/mol. The van der Waals surface area contributed by atoms with Crippen molar-refractivity contribution in [3.05, 3.63) is 0 Å². The molecule has 0 fully saturated rings. The lowest BCUT2D eigenvalue weighted by Gasteiger charge is -2.26. The summed E-state index contributed by atoms with van der Waals surface area (Å²) in [4.78, 5) is 23.1. The van der Waals surface area contributed by atoms with E-state index in [4.69, 9.17) is 0 Å². The SMILES string of the molecule is CC(C)(C)NC(=O)[C@@H](O)[C@H](O)C(=O)NC(C)(C)C. The van der Waals surface area contributed by atoms with Gasteiger partial charge in [-0.05, 0) is 41.5 Å². The van der Waals surface area contributed by atoms with Gasteiger partial charge in [0.2, 0.25) is 0 Å². The van der Waals surface area contributed by atoms with Crippen molar-refractivity contribution in [2.24, 2.45) is 0 Å². The lowest BCUT2D eigenvalue weighted by atomic mass is 10.1. The van der Waals surface area contributed by atoms with Gasteiger partial charge in [0.15, 0.2) is 12.2 Å². The number of carbonyl (C=O) groups is 2. The molecule has 2 atom stereocenters. The second kappa shape index (κ2) is 5.67. The summed E-state index contributed by atoms with van der Waals surface area (Å²) in [6.07, 6.45) is -3.57. The van der Waals surface area contributed by atoms with Crippen molar-refractivity contribution in [2.45, 2.75) is 64.8 Å². The van der Waals surface area contributed by atoms with Crippen LogP contribution in [0.15, 0.2) is 0 Å². The van der Waals surface area contributed by atoms with Crippen molar-refractivity contribution < 1.29 is 19.8 Å². The number of nitrogens with one attached hydrogen (secondary N) is 2. The third kappa shape index (κ3) is 6.56. The maximum absolute atomic E-state index is 11.6. The van der Waals surface area contributed by atoms with E-state index in [9.17, 15) is 19.8 Å². The first-order valence-electron chi connectivity index (χ1n) is 5.84. The largest absolute Gasteiger partial charge is 0.380 e. The molecule has 0 aliphatic rings. The number of hydrogen-bond acceptors (Lipinski definition) is 4.